The third-order valence-corrected chi connectivity index (χ3v) is 3.93. The highest BCUT2D eigenvalue weighted by Gasteiger charge is 2.08. The minimum absolute atomic E-state index is 0.319. The van der Waals surface area contributed by atoms with Crippen molar-refractivity contribution in [3.8, 4) is 0 Å². The van der Waals surface area contributed by atoms with Gasteiger partial charge in [-0.2, -0.15) is 11.8 Å². The first-order chi connectivity index (χ1) is 9.08. The second-order valence-electron chi connectivity index (χ2n) is 4.30. The summed E-state index contributed by atoms with van der Waals surface area (Å²) in [6.45, 7) is 3.85. The third kappa shape index (κ3) is 3.38. The minimum Gasteiger partial charge on any atom is -0.478 e. The lowest BCUT2D eigenvalue weighted by atomic mass is 10.1. The zero-order valence-electron chi connectivity index (χ0n) is 10.8. The number of hydrogen-bond donors (Lipinski definition) is 1. The van der Waals surface area contributed by atoms with Gasteiger partial charge in [-0.1, -0.05) is 17.3 Å². The molecule has 1 aromatic heterocycles. The predicted octanol–water partition coefficient (Wildman–Crippen LogP) is 3.42. The number of rotatable bonds is 5. The summed E-state index contributed by atoms with van der Waals surface area (Å²) in [5.74, 6) is 1.66. The number of carbonyl (C=O) groups is 1. The number of aromatic nitrogens is 1. The molecule has 2 aromatic rings. The van der Waals surface area contributed by atoms with Gasteiger partial charge in [0.1, 0.15) is 5.76 Å². The molecule has 0 saturated carbocycles. The quantitative estimate of drug-likeness (QED) is 0.907. The zero-order valence-corrected chi connectivity index (χ0v) is 11.7. The van der Waals surface area contributed by atoms with Crippen LogP contribution < -0.4 is 0 Å². The van der Waals surface area contributed by atoms with Crippen molar-refractivity contribution in [3.63, 3.8) is 0 Å². The molecule has 0 atom stereocenters. The van der Waals surface area contributed by atoms with Gasteiger partial charge in [0.15, 0.2) is 0 Å². The highest BCUT2D eigenvalue weighted by atomic mass is 32.2. The molecule has 1 aromatic carbocycles. The van der Waals surface area contributed by atoms with Crippen molar-refractivity contribution in [2.75, 3.05) is 0 Å². The van der Waals surface area contributed by atoms with Crippen LogP contribution in [0, 0.1) is 13.8 Å². The summed E-state index contributed by atoms with van der Waals surface area (Å²) in [5.41, 5.74) is 3.51. The molecule has 0 fully saturated rings. The van der Waals surface area contributed by atoms with Gasteiger partial charge in [-0.15, -0.1) is 0 Å². The van der Waals surface area contributed by atoms with Crippen molar-refractivity contribution in [2.45, 2.75) is 25.4 Å². The highest BCUT2D eigenvalue weighted by Crippen LogP contribution is 2.22. The summed E-state index contributed by atoms with van der Waals surface area (Å²) in [4.78, 5) is 10.7. The third-order valence-electron chi connectivity index (χ3n) is 2.90. The van der Waals surface area contributed by atoms with E-state index in [1.54, 1.807) is 23.9 Å². The fourth-order valence-corrected chi connectivity index (χ4v) is 2.87. The Bertz CT molecular complexity index is 555. The van der Waals surface area contributed by atoms with E-state index in [1.807, 2.05) is 26.0 Å². The number of carboxylic acids is 1. The lowest BCUT2D eigenvalue weighted by Crippen LogP contribution is -1.95. The minimum atomic E-state index is -0.894. The molecule has 4 nitrogen and oxygen atoms in total. The van der Waals surface area contributed by atoms with Crippen LogP contribution in [0.25, 0.3) is 0 Å². The Labute approximate surface area is 115 Å². The molecule has 1 N–H and O–H groups in total. The lowest BCUT2D eigenvalue weighted by Gasteiger charge is -2.02. The fourth-order valence-electron chi connectivity index (χ4n) is 1.72. The Morgan fingerprint density at radius 1 is 1.26 bits per heavy atom. The van der Waals surface area contributed by atoms with E-state index in [0.29, 0.717) is 5.56 Å². The normalized spacial score (nSPS) is 10.6. The average molecular weight is 277 g/mol. The summed E-state index contributed by atoms with van der Waals surface area (Å²) in [6.07, 6.45) is 0. The second kappa shape index (κ2) is 5.93. The van der Waals surface area contributed by atoms with E-state index in [0.717, 1.165) is 34.1 Å². The van der Waals surface area contributed by atoms with Crippen LogP contribution in [0.15, 0.2) is 28.8 Å². The van der Waals surface area contributed by atoms with Crippen LogP contribution in [0.5, 0.6) is 0 Å². The molecule has 19 heavy (non-hydrogen) atoms. The van der Waals surface area contributed by atoms with Gasteiger partial charge in [-0.25, -0.2) is 4.79 Å². The number of thioether (sulfide) groups is 1. The van der Waals surface area contributed by atoms with Crippen LogP contribution >= 0.6 is 11.8 Å². The van der Waals surface area contributed by atoms with Gasteiger partial charge in [-0.05, 0) is 31.5 Å². The topological polar surface area (TPSA) is 63.3 Å². The molecule has 0 unspecified atom stereocenters. The van der Waals surface area contributed by atoms with Gasteiger partial charge in [0.05, 0.1) is 11.3 Å². The second-order valence-corrected chi connectivity index (χ2v) is 5.28. The van der Waals surface area contributed by atoms with E-state index >= 15 is 0 Å². The number of hydrogen-bond acceptors (Lipinski definition) is 4. The average Bonchev–Trinajstić information content (AvgIpc) is 2.71. The van der Waals surface area contributed by atoms with E-state index in [4.69, 9.17) is 9.63 Å². The molecule has 1 heterocycles. The van der Waals surface area contributed by atoms with Crippen molar-refractivity contribution < 1.29 is 14.4 Å². The fraction of sp³-hybridized carbons (Fsp3) is 0.286. The smallest absolute Gasteiger partial charge is 0.335 e. The van der Waals surface area contributed by atoms with Crippen LogP contribution in [0.1, 0.15) is 32.9 Å². The van der Waals surface area contributed by atoms with Crippen LogP contribution in [0.3, 0.4) is 0 Å². The monoisotopic (exact) mass is 277 g/mol. The lowest BCUT2D eigenvalue weighted by molar-refractivity contribution is 0.0697. The molecule has 0 radical (unpaired) electrons. The van der Waals surface area contributed by atoms with E-state index in [9.17, 15) is 4.79 Å². The maximum Gasteiger partial charge on any atom is 0.335 e. The van der Waals surface area contributed by atoms with Gasteiger partial charge in [-0.3, -0.25) is 0 Å². The summed E-state index contributed by atoms with van der Waals surface area (Å²) in [5, 5.41) is 12.7. The summed E-state index contributed by atoms with van der Waals surface area (Å²) >= 11 is 1.76. The van der Waals surface area contributed by atoms with Gasteiger partial charge < -0.3 is 9.63 Å². The van der Waals surface area contributed by atoms with E-state index in [2.05, 4.69) is 5.16 Å². The van der Waals surface area contributed by atoms with Gasteiger partial charge in [0.25, 0.3) is 0 Å². The standard InChI is InChI=1S/C14H15NO3S/c1-9-13(10(2)18-15-9)8-19-7-11-3-5-12(6-4-11)14(16)17/h3-6H,7-8H2,1-2H3,(H,16,17). The molecule has 2 rings (SSSR count). The summed E-state index contributed by atoms with van der Waals surface area (Å²) in [7, 11) is 0. The predicted molar refractivity (Wildman–Crippen MR) is 74.4 cm³/mol. The largest absolute Gasteiger partial charge is 0.478 e. The van der Waals surface area contributed by atoms with Crippen molar-refractivity contribution in [1.29, 1.82) is 0 Å². The molecule has 0 aliphatic heterocycles. The van der Waals surface area contributed by atoms with Crippen molar-refractivity contribution in [3.05, 3.63) is 52.4 Å². The van der Waals surface area contributed by atoms with E-state index < -0.39 is 5.97 Å². The van der Waals surface area contributed by atoms with E-state index in [1.165, 1.54) is 0 Å². The molecular weight excluding hydrogens is 262 g/mol. The molecule has 0 amide bonds. The van der Waals surface area contributed by atoms with Crippen LogP contribution in [-0.2, 0) is 11.5 Å². The Morgan fingerprint density at radius 3 is 2.47 bits per heavy atom. The summed E-state index contributed by atoms with van der Waals surface area (Å²) < 4.78 is 5.11. The van der Waals surface area contributed by atoms with Crippen LogP contribution in [0.4, 0.5) is 0 Å². The zero-order chi connectivity index (χ0) is 13.8. The van der Waals surface area contributed by atoms with Crippen molar-refractivity contribution in [1.82, 2.24) is 5.16 Å². The summed E-state index contributed by atoms with van der Waals surface area (Å²) in [6, 6.07) is 6.97. The van der Waals surface area contributed by atoms with E-state index in [-0.39, 0.29) is 0 Å². The molecule has 100 valence electrons. The van der Waals surface area contributed by atoms with Gasteiger partial charge >= 0.3 is 5.97 Å². The Balaban J connectivity index is 1.91. The first-order valence-electron chi connectivity index (χ1n) is 5.89. The Hall–Kier alpha value is -1.75. The molecule has 5 heteroatoms. The molecule has 0 bridgehead atoms. The maximum absolute atomic E-state index is 10.7. The van der Waals surface area contributed by atoms with Crippen LogP contribution in [0.2, 0.25) is 0 Å². The number of benzene rings is 1. The molecule has 0 aliphatic rings. The Kier molecular flexibility index (Phi) is 4.27. The number of carboxylic acid groups (broad SMARTS) is 1. The number of aryl methyl sites for hydroxylation is 2. The van der Waals surface area contributed by atoms with Crippen molar-refractivity contribution in [2.24, 2.45) is 0 Å². The van der Waals surface area contributed by atoms with Gasteiger partial charge in [0.2, 0.25) is 0 Å². The van der Waals surface area contributed by atoms with Crippen molar-refractivity contribution >= 4 is 17.7 Å². The number of aromatic carboxylic acids is 1. The SMILES string of the molecule is Cc1noc(C)c1CSCc1ccc(C(=O)O)cc1. The van der Waals surface area contributed by atoms with Crippen LogP contribution in [-0.4, -0.2) is 16.2 Å². The molecular formula is C14H15NO3S. The van der Waals surface area contributed by atoms with Gasteiger partial charge in [0, 0.05) is 17.1 Å². The molecule has 0 aliphatic carbocycles. The maximum atomic E-state index is 10.7. The first kappa shape index (κ1) is 13.7. The molecule has 0 saturated heterocycles. The Morgan fingerprint density at radius 2 is 1.95 bits per heavy atom. The molecule has 0 spiro atoms. The highest BCUT2D eigenvalue weighted by molar-refractivity contribution is 7.97. The first-order valence-corrected chi connectivity index (χ1v) is 7.05. The number of nitrogens with zero attached hydrogens (tertiary/aromatic N) is 1.